The zero-order valence-electron chi connectivity index (χ0n) is 9.27. The summed E-state index contributed by atoms with van der Waals surface area (Å²) in [6.07, 6.45) is 4.38. The van der Waals surface area contributed by atoms with Crippen molar-refractivity contribution in [3.8, 4) is 5.69 Å². The third-order valence-corrected chi connectivity index (χ3v) is 2.30. The van der Waals surface area contributed by atoms with Crippen molar-refractivity contribution in [1.82, 2.24) is 9.55 Å². The summed E-state index contributed by atoms with van der Waals surface area (Å²) in [6.45, 7) is 3.93. The van der Waals surface area contributed by atoms with Gasteiger partial charge in [-0.2, -0.15) is 0 Å². The minimum Gasteiger partial charge on any atom is -0.329 e. The minimum absolute atomic E-state index is 0.678. The van der Waals surface area contributed by atoms with Gasteiger partial charge in [-0.05, 0) is 37.6 Å². The number of carbonyl (C=O) groups excluding carboxylic acids is 1. The molecule has 2 aromatic rings. The highest BCUT2D eigenvalue weighted by atomic mass is 16.1. The number of amides is 1. The summed E-state index contributed by atoms with van der Waals surface area (Å²) >= 11 is 0. The van der Waals surface area contributed by atoms with E-state index in [-0.39, 0.29) is 0 Å². The molecule has 1 amide bonds. The first-order valence-electron chi connectivity index (χ1n) is 5.02. The van der Waals surface area contributed by atoms with E-state index < -0.39 is 0 Å². The first-order chi connectivity index (χ1) is 7.69. The molecule has 0 saturated carbocycles. The molecule has 82 valence electrons. The number of carbonyl (C=O) groups is 1. The molecular weight excluding hydrogens is 202 g/mol. The fourth-order valence-electron chi connectivity index (χ4n) is 1.63. The van der Waals surface area contributed by atoms with Gasteiger partial charge in [-0.25, -0.2) is 4.98 Å². The van der Waals surface area contributed by atoms with E-state index in [4.69, 9.17) is 0 Å². The molecule has 1 aromatic carbocycles. The van der Waals surface area contributed by atoms with Gasteiger partial charge in [-0.1, -0.05) is 0 Å². The monoisotopic (exact) mass is 215 g/mol. The van der Waals surface area contributed by atoms with Crippen LogP contribution in [-0.4, -0.2) is 16.0 Å². The molecule has 1 heterocycles. The number of rotatable bonds is 3. The van der Waals surface area contributed by atoms with E-state index in [0.29, 0.717) is 6.41 Å². The Morgan fingerprint density at radius 3 is 2.75 bits per heavy atom. The maximum atomic E-state index is 10.4. The topological polar surface area (TPSA) is 46.9 Å². The first-order valence-corrected chi connectivity index (χ1v) is 5.02. The highest BCUT2D eigenvalue weighted by Gasteiger charge is 2.01. The molecule has 4 heteroatoms. The molecule has 16 heavy (non-hydrogen) atoms. The van der Waals surface area contributed by atoms with Crippen LogP contribution in [-0.2, 0) is 4.79 Å². The molecule has 0 bridgehead atoms. The zero-order chi connectivity index (χ0) is 11.5. The lowest BCUT2D eigenvalue weighted by molar-refractivity contribution is -0.105. The van der Waals surface area contributed by atoms with Crippen LogP contribution in [0.15, 0.2) is 30.7 Å². The molecule has 0 fully saturated rings. The Labute approximate surface area is 93.9 Å². The van der Waals surface area contributed by atoms with Gasteiger partial charge in [0.05, 0.1) is 12.0 Å². The van der Waals surface area contributed by atoms with Crippen LogP contribution in [0.5, 0.6) is 0 Å². The van der Waals surface area contributed by atoms with Crippen LogP contribution in [0.2, 0.25) is 0 Å². The highest BCUT2D eigenvalue weighted by Crippen LogP contribution is 2.17. The van der Waals surface area contributed by atoms with Crippen molar-refractivity contribution in [3.05, 3.63) is 42.0 Å². The van der Waals surface area contributed by atoms with Gasteiger partial charge in [0.2, 0.25) is 6.41 Å². The summed E-state index contributed by atoms with van der Waals surface area (Å²) in [4.78, 5) is 14.6. The second-order valence-electron chi connectivity index (χ2n) is 3.74. The molecule has 0 aliphatic heterocycles. The van der Waals surface area contributed by atoms with Gasteiger partial charge < -0.3 is 9.88 Å². The van der Waals surface area contributed by atoms with Gasteiger partial charge in [-0.3, -0.25) is 4.79 Å². The normalized spacial score (nSPS) is 10.1. The van der Waals surface area contributed by atoms with Gasteiger partial charge in [0, 0.05) is 17.6 Å². The predicted molar refractivity (Wildman–Crippen MR) is 62.7 cm³/mol. The van der Waals surface area contributed by atoms with E-state index in [1.807, 2.05) is 42.8 Å². The van der Waals surface area contributed by atoms with Gasteiger partial charge in [0.15, 0.2) is 0 Å². The first kappa shape index (κ1) is 10.4. The van der Waals surface area contributed by atoms with Gasteiger partial charge in [0.25, 0.3) is 0 Å². The number of anilines is 1. The van der Waals surface area contributed by atoms with Crippen molar-refractivity contribution in [2.75, 3.05) is 5.32 Å². The van der Waals surface area contributed by atoms with Crippen molar-refractivity contribution in [3.63, 3.8) is 0 Å². The van der Waals surface area contributed by atoms with Gasteiger partial charge in [0.1, 0.15) is 0 Å². The van der Waals surface area contributed by atoms with Gasteiger partial charge in [-0.15, -0.1) is 0 Å². The number of hydrogen-bond donors (Lipinski definition) is 1. The SMILES string of the molecule is Cc1cc(NC=O)cc(-n2cnc(C)c2)c1. The Kier molecular flexibility index (Phi) is 2.72. The van der Waals surface area contributed by atoms with Crippen molar-refractivity contribution < 1.29 is 4.79 Å². The lowest BCUT2D eigenvalue weighted by Gasteiger charge is -2.07. The zero-order valence-corrected chi connectivity index (χ0v) is 9.27. The molecule has 0 saturated heterocycles. The molecule has 0 spiro atoms. The summed E-state index contributed by atoms with van der Waals surface area (Å²) < 4.78 is 1.93. The maximum absolute atomic E-state index is 10.4. The molecule has 4 nitrogen and oxygen atoms in total. The van der Waals surface area contributed by atoms with E-state index in [1.165, 1.54) is 0 Å². The molecule has 0 aliphatic carbocycles. The summed E-state index contributed by atoms with van der Waals surface area (Å²) in [5.74, 6) is 0. The smallest absolute Gasteiger partial charge is 0.211 e. The van der Waals surface area contributed by atoms with E-state index in [1.54, 1.807) is 6.33 Å². The van der Waals surface area contributed by atoms with Crippen LogP contribution in [0.3, 0.4) is 0 Å². The second-order valence-corrected chi connectivity index (χ2v) is 3.74. The highest BCUT2D eigenvalue weighted by molar-refractivity contribution is 5.72. The van der Waals surface area contributed by atoms with Crippen molar-refractivity contribution in [2.24, 2.45) is 0 Å². The molecule has 0 unspecified atom stereocenters. The van der Waals surface area contributed by atoms with Crippen molar-refractivity contribution in [2.45, 2.75) is 13.8 Å². The number of nitrogens with one attached hydrogen (secondary N) is 1. The molecular formula is C12H13N3O. The Morgan fingerprint density at radius 1 is 1.31 bits per heavy atom. The third kappa shape index (κ3) is 2.11. The van der Waals surface area contributed by atoms with Crippen LogP contribution in [0.4, 0.5) is 5.69 Å². The third-order valence-electron chi connectivity index (χ3n) is 2.30. The quantitative estimate of drug-likeness (QED) is 0.796. The van der Waals surface area contributed by atoms with Crippen LogP contribution >= 0.6 is 0 Å². The van der Waals surface area contributed by atoms with E-state index >= 15 is 0 Å². The average molecular weight is 215 g/mol. The number of benzene rings is 1. The summed E-state index contributed by atoms with van der Waals surface area (Å²) in [5, 5.41) is 2.65. The van der Waals surface area contributed by atoms with Crippen LogP contribution < -0.4 is 5.32 Å². The van der Waals surface area contributed by atoms with Crippen molar-refractivity contribution in [1.29, 1.82) is 0 Å². The van der Waals surface area contributed by atoms with E-state index in [2.05, 4.69) is 10.3 Å². The van der Waals surface area contributed by atoms with Crippen LogP contribution in [0.25, 0.3) is 5.69 Å². The Morgan fingerprint density at radius 2 is 2.12 bits per heavy atom. The van der Waals surface area contributed by atoms with Crippen LogP contribution in [0.1, 0.15) is 11.3 Å². The standard InChI is InChI=1S/C12H13N3O/c1-9-3-11(14-8-16)5-12(4-9)15-6-10(2)13-7-15/h3-8H,1-2H3,(H,14,16). The molecule has 2 rings (SSSR count). The lowest BCUT2D eigenvalue weighted by atomic mass is 10.2. The minimum atomic E-state index is 0.678. The number of aromatic nitrogens is 2. The number of imidazole rings is 1. The summed E-state index contributed by atoms with van der Waals surface area (Å²) in [6, 6.07) is 5.86. The number of hydrogen-bond acceptors (Lipinski definition) is 2. The summed E-state index contributed by atoms with van der Waals surface area (Å²) in [5.41, 5.74) is 3.83. The van der Waals surface area contributed by atoms with E-state index in [9.17, 15) is 4.79 Å². The lowest BCUT2D eigenvalue weighted by Crippen LogP contribution is -1.97. The molecule has 0 radical (unpaired) electrons. The fraction of sp³-hybridized carbons (Fsp3) is 0.167. The average Bonchev–Trinajstić information content (AvgIpc) is 2.64. The maximum Gasteiger partial charge on any atom is 0.211 e. The largest absolute Gasteiger partial charge is 0.329 e. The predicted octanol–water partition coefficient (Wildman–Crippen LogP) is 2.06. The molecule has 1 N–H and O–H groups in total. The number of nitrogens with zero attached hydrogens (tertiary/aromatic N) is 2. The Balaban J connectivity index is 2.44. The Bertz CT molecular complexity index is 517. The van der Waals surface area contributed by atoms with E-state index in [0.717, 1.165) is 22.6 Å². The molecule has 0 atom stereocenters. The fourth-order valence-corrected chi connectivity index (χ4v) is 1.63. The number of aryl methyl sites for hydroxylation is 2. The van der Waals surface area contributed by atoms with Crippen LogP contribution in [0, 0.1) is 13.8 Å². The van der Waals surface area contributed by atoms with Gasteiger partial charge >= 0.3 is 0 Å². The summed E-state index contributed by atoms with van der Waals surface area (Å²) in [7, 11) is 0. The Hall–Kier alpha value is -2.10. The van der Waals surface area contributed by atoms with Crippen molar-refractivity contribution >= 4 is 12.1 Å². The molecule has 1 aromatic heterocycles. The second kappa shape index (κ2) is 4.18. The molecule has 0 aliphatic rings.